The van der Waals surface area contributed by atoms with Crippen LogP contribution in [0.3, 0.4) is 0 Å². The predicted molar refractivity (Wildman–Crippen MR) is 108 cm³/mol. The van der Waals surface area contributed by atoms with Gasteiger partial charge in [-0.1, -0.05) is 0 Å². The van der Waals surface area contributed by atoms with Crippen LogP contribution in [0.15, 0.2) is 55.1 Å². The monoisotopic (exact) mass is 406 g/mol. The van der Waals surface area contributed by atoms with Crippen molar-refractivity contribution in [3.8, 4) is 17.6 Å². The van der Waals surface area contributed by atoms with Crippen molar-refractivity contribution in [3.05, 3.63) is 60.9 Å². The highest BCUT2D eigenvalue weighted by Crippen LogP contribution is 2.29. The molecular formula is C21H19FN6O2. The molecule has 152 valence electrons. The molecule has 0 spiro atoms. The van der Waals surface area contributed by atoms with Crippen LogP contribution in [0, 0.1) is 5.82 Å². The van der Waals surface area contributed by atoms with Gasteiger partial charge in [-0.05, 0) is 43.2 Å². The van der Waals surface area contributed by atoms with Gasteiger partial charge in [0, 0.05) is 25.0 Å². The average molecular weight is 406 g/mol. The van der Waals surface area contributed by atoms with Crippen molar-refractivity contribution in [1.82, 2.24) is 24.7 Å². The molecule has 1 atom stereocenters. The minimum atomic E-state index is -0.237. The standard InChI is InChI=1S/C21H19FN6O2/c22-14-3-5-15(6-4-14)27-9-1-2-16(12-27)28-13-17(10-24-28)30-21-25-19-11-23-8-7-18(19)20(29)26-21/h3-8,10-11,13,16H,1-2,9,12H2,(H,25,26,29)/t16-/m1/s1. The highest BCUT2D eigenvalue weighted by atomic mass is 19.1. The molecule has 1 saturated heterocycles. The molecule has 0 bridgehead atoms. The quantitative estimate of drug-likeness (QED) is 0.553. The first-order chi connectivity index (χ1) is 14.7. The van der Waals surface area contributed by atoms with Gasteiger partial charge in [0.1, 0.15) is 5.82 Å². The molecule has 0 unspecified atom stereocenters. The van der Waals surface area contributed by atoms with E-state index in [0.717, 1.165) is 31.6 Å². The largest absolute Gasteiger partial charge is 0.493 e. The molecule has 0 saturated carbocycles. The molecular weight excluding hydrogens is 387 g/mol. The molecule has 0 radical (unpaired) electrons. The van der Waals surface area contributed by atoms with E-state index in [-0.39, 0.29) is 23.7 Å². The molecule has 3 aromatic heterocycles. The van der Waals surface area contributed by atoms with Gasteiger partial charge in [-0.2, -0.15) is 15.1 Å². The zero-order valence-corrected chi connectivity index (χ0v) is 16.0. The lowest BCUT2D eigenvalue weighted by Crippen LogP contribution is -2.36. The minimum Gasteiger partial charge on any atom is -0.493 e. The van der Waals surface area contributed by atoms with E-state index in [1.807, 2.05) is 4.68 Å². The molecule has 4 heterocycles. The highest BCUT2D eigenvalue weighted by molar-refractivity contribution is 5.82. The van der Waals surface area contributed by atoms with Gasteiger partial charge in [-0.25, -0.2) is 4.39 Å². The van der Waals surface area contributed by atoms with Crippen LogP contribution in [0.4, 0.5) is 10.1 Å². The van der Waals surface area contributed by atoms with Crippen molar-refractivity contribution in [2.24, 2.45) is 0 Å². The summed E-state index contributed by atoms with van der Waals surface area (Å²) in [5, 5.41) is 15.0. The number of benzene rings is 1. The van der Waals surface area contributed by atoms with Crippen molar-refractivity contribution in [2.45, 2.75) is 18.9 Å². The number of piperidine rings is 1. The molecule has 1 aromatic carbocycles. The topological polar surface area (TPSA) is 89.2 Å². The first-order valence-corrected chi connectivity index (χ1v) is 9.69. The van der Waals surface area contributed by atoms with Crippen LogP contribution in [-0.4, -0.2) is 42.9 Å². The number of nitrogens with zero attached hydrogens (tertiary/aromatic N) is 6. The van der Waals surface area contributed by atoms with Crippen LogP contribution in [0.2, 0.25) is 0 Å². The van der Waals surface area contributed by atoms with Crippen LogP contribution in [-0.2, 0) is 0 Å². The summed E-state index contributed by atoms with van der Waals surface area (Å²) in [5.74, 6) is 0.0856. The Morgan fingerprint density at radius 3 is 2.83 bits per heavy atom. The van der Waals surface area contributed by atoms with Crippen molar-refractivity contribution < 1.29 is 14.2 Å². The summed E-state index contributed by atoms with van der Waals surface area (Å²) in [4.78, 5) is 14.5. The van der Waals surface area contributed by atoms with Crippen molar-refractivity contribution in [2.75, 3.05) is 18.0 Å². The molecule has 30 heavy (non-hydrogen) atoms. The summed E-state index contributed by atoms with van der Waals surface area (Å²) in [7, 11) is 0. The van der Waals surface area contributed by atoms with Crippen molar-refractivity contribution in [1.29, 1.82) is 0 Å². The number of fused-ring (bicyclic) bond motifs is 1. The van der Waals surface area contributed by atoms with E-state index in [2.05, 4.69) is 25.0 Å². The van der Waals surface area contributed by atoms with Crippen LogP contribution in [0.5, 0.6) is 17.6 Å². The summed E-state index contributed by atoms with van der Waals surface area (Å²) in [5.41, 5.74) is 1.49. The molecule has 0 aliphatic carbocycles. The summed E-state index contributed by atoms with van der Waals surface area (Å²) in [6.45, 7) is 1.69. The predicted octanol–water partition coefficient (Wildman–Crippen LogP) is 3.70. The molecule has 1 aliphatic heterocycles. The third-order valence-corrected chi connectivity index (χ3v) is 5.21. The number of anilines is 1. The van der Waals surface area contributed by atoms with Gasteiger partial charge in [0.05, 0.1) is 35.5 Å². The molecule has 1 N–H and O–H groups in total. The fraction of sp³-hybridized carbons (Fsp3) is 0.238. The summed E-state index contributed by atoms with van der Waals surface area (Å²) >= 11 is 0. The summed E-state index contributed by atoms with van der Waals surface area (Å²) in [6, 6.07) is 8.39. The first-order valence-electron chi connectivity index (χ1n) is 9.69. The zero-order valence-electron chi connectivity index (χ0n) is 16.0. The lowest BCUT2D eigenvalue weighted by molar-refractivity contribution is 0.373. The smallest absolute Gasteiger partial charge is 0.326 e. The Balaban J connectivity index is 1.32. The molecule has 9 heteroatoms. The normalized spacial score (nSPS) is 16.7. The zero-order chi connectivity index (χ0) is 20.5. The number of hydrogen-bond donors (Lipinski definition) is 1. The number of aromatic nitrogens is 5. The molecule has 8 nitrogen and oxygen atoms in total. The maximum absolute atomic E-state index is 13.2. The van der Waals surface area contributed by atoms with Gasteiger partial charge < -0.3 is 14.7 Å². The molecule has 0 amide bonds. The average Bonchev–Trinajstić information content (AvgIpc) is 3.23. The van der Waals surface area contributed by atoms with Crippen LogP contribution < -0.4 is 9.64 Å². The number of rotatable bonds is 4. The van der Waals surface area contributed by atoms with E-state index in [1.165, 1.54) is 12.1 Å². The van der Waals surface area contributed by atoms with E-state index in [1.54, 1.807) is 43.0 Å². The van der Waals surface area contributed by atoms with Gasteiger partial charge >= 0.3 is 6.01 Å². The fourth-order valence-corrected chi connectivity index (χ4v) is 3.72. The maximum atomic E-state index is 13.2. The minimum absolute atomic E-state index is 0.0316. The fourth-order valence-electron chi connectivity index (χ4n) is 3.72. The molecule has 1 aliphatic rings. The molecule has 1 fully saturated rings. The number of ether oxygens (including phenoxy) is 1. The van der Waals surface area contributed by atoms with Gasteiger partial charge in [-0.3, -0.25) is 9.67 Å². The van der Waals surface area contributed by atoms with Crippen LogP contribution in [0.1, 0.15) is 18.9 Å². The Morgan fingerprint density at radius 1 is 1.10 bits per heavy atom. The van der Waals surface area contributed by atoms with E-state index in [9.17, 15) is 9.50 Å². The van der Waals surface area contributed by atoms with Gasteiger partial charge in [0.2, 0.25) is 5.88 Å². The number of hydrogen-bond acceptors (Lipinski definition) is 7. The van der Waals surface area contributed by atoms with E-state index < -0.39 is 0 Å². The number of halogens is 1. The van der Waals surface area contributed by atoms with E-state index >= 15 is 0 Å². The second kappa shape index (κ2) is 7.58. The number of aromatic hydroxyl groups is 1. The third kappa shape index (κ3) is 3.61. The second-order valence-electron chi connectivity index (χ2n) is 7.20. The van der Waals surface area contributed by atoms with E-state index in [0.29, 0.717) is 16.7 Å². The van der Waals surface area contributed by atoms with Gasteiger partial charge in [-0.15, -0.1) is 0 Å². The molecule has 4 aromatic rings. The SMILES string of the molecule is Oc1nc(Oc2cnn([C@@H]3CCCN(c4ccc(F)cc4)C3)c2)nc2cnccc12. The van der Waals surface area contributed by atoms with Crippen molar-refractivity contribution in [3.63, 3.8) is 0 Å². The lowest BCUT2D eigenvalue weighted by atomic mass is 10.1. The Morgan fingerprint density at radius 2 is 1.97 bits per heavy atom. The maximum Gasteiger partial charge on any atom is 0.326 e. The molecule has 5 rings (SSSR count). The third-order valence-electron chi connectivity index (χ3n) is 5.21. The van der Waals surface area contributed by atoms with Crippen LogP contribution >= 0.6 is 0 Å². The second-order valence-corrected chi connectivity index (χ2v) is 7.20. The van der Waals surface area contributed by atoms with Gasteiger partial charge in [0.15, 0.2) is 5.75 Å². The van der Waals surface area contributed by atoms with E-state index in [4.69, 9.17) is 4.74 Å². The first kappa shape index (κ1) is 18.3. The van der Waals surface area contributed by atoms with Crippen molar-refractivity contribution >= 4 is 16.6 Å². The Bertz CT molecular complexity index is 1180. The Labute approximate surface area is 171 Å². The van der Waals surface area contributed by atoms with Gasteiger partial charge in [0.25, 0.3) is 0 Å². The van der Waals surface area contributed by atoms with Crippen LogP contribution in [0.25, 0.3) is 10.9 Å². The Hall–Kier alpha value is -3.75. The summed E-state index contributed by atoms with van der Waals surface area (Å²) < 4.78 is 20.8. The lowest BCUT2D eigenvalue weighted by Gasteiger charge is -2.34. The number of pyridine rings is 1. The highest BCUT2D eigenvalue weighted by Gasteiger charge is 2.23. The summed E-state index contributed by atoms with van der Waals surface area (Å²) in [6.07, 6.45) is 8.50. The Kier molecular flexibility index (Phi) is 4.62.